The molecule has 2 aromatic heterocycles. The van der Waals surface area contributed by atoms with E-state index in [-0.39, 0.29) is 11.9 Å². The molecule has 2 N–H and O–H groups in total. The highest BCUT2D eigenvalue weighted by Gasteiger charge is 2.12. The summed E-state index contributed by atoms with van der Waals surface area (Å²) in [5.74, 6) is -0.279. The first-order chi connectivity index (χ1) is 9.13. The number of aromatic nitrogens is 2. The third kappa shape index (κ3) is 2.56. The number of rotatable bonds is 3. The van der Waals surface area contributed by atoms with Crippen molar-refractivity contribution in [3.05, 3.63) is 57.5 Å². The first kappa shape index (κ1) is 12.8. The number of nitrogens with two attached hydrogens (primary N) is 1. The van der Waals surface area contributed by atoms with Crippen LogP contribution in [0.15, 0.2) is 40.4 Å². The van der Waals surface area contributed by atoms with Crippen LogP contribution in [0.3, 0.4) is 0 Å². The number of benzene rings is 1. The Bertz CT molecular complexity index is 693. The third-order valence-corrected chi connectivity index (χ3v) is 4.32. The van der Waals surface area contributed by atoms with Crippen LogP contribution >= 0.6 is 27.3 Å². The summed E-state index contributed by atoms with van der Waals surface area (Å²) in [5.41, 5.74) is 7.98. The van der Waals surface area contributed by atoms with E-state index in [1.165, 1.54) is 6.07 Å². The van der Waals surface area contributed by atoms with Gasteiger partial charge >= 0.3 is 0 Å². The van der Waals surface area contributed by atoms with Crippen molar-refractivity contribution < 1.29 is 4.39 Å². The van der Waals surface area contributed by atoms with E-state index in [9.17, 15) is 4.39 Å². The van der Waals surface area contributed by atoms with Gasteiger partial charge in [-0.2, -0.15) is 0 Å². The fraction of sp³-hybridized carbons (Fsp3) is 0.154. The number of fused-ring (bicyclic) bond motifs is 1. The molecular formula is C13H11BrFN3S. The number of nitrogens with zero attached hydrogens (tertiary/aromatic N) is 2. The van der Waals surface area contributed by atoms with Crippen molar-refractivity contribution in [2.75, 3.05) is 0 Å². The average molecular weight is 340 g/mol. The minimum atomic E-state index is -0.279. The van der Waals surface area contributed by atoms with Crippen LogP contribution in [0, 0.1) is 5.82 Å². The first-order valence-electron chi connectivity index (χ1n) is 5.75. The summed E-state index contributed by atoms with van der Waals surface area (Å²) in [6, 6.07) is 4.66. The molecule has 98 valence electrons. The first-order valence-corrected chi connectivity index (χ1v) is 7.42. The zero-order valence-corrected chi connectivity index (χ0v) is 12.3. The monoisotopic (exact) mass is 339 g/mol. The Morgan fingerprint density at radius 2 is 2.32 bits per heavy atom. The molecule has 0 bridgehead atoms. The molecule has 1 atom stereocenters. The molecule has 6 heteroatoms. The zero-order valence-electron chi connectivity index (χ0n) is 9.88. The predicted molar refractivity (Wildman–Crippen MR) is 77.8 cm³/mol. The third-order valence-electron chi connectivity index (χ3n) is 2.94. The fourth-order valence-corrected chi connectivity index (χ4v) is 3.08. The summed E-state index contributed by atoms with van der Waals surface area (Å²) in [4.78, 5) is 5.45. The Kier molecular flexibility index (Phi) is 3.38. The second kappa shape index (κ2) is 5.03. The van der Waals surface area contributed by atoms with Crippen molar-refractivity contribution >= 4 is 32.2 Å². The molecule has 0 radical (unpaired) electrons. The lowest BCUT2D eigenvalue weighted by molar-refractivity contribution is 0.617. The van der Waals surface area contributed by atoms with Crippen LogP contribution < -0.4 is 5.73 Å². The molecule has 0 amide bonds. The number of imidazole rings is 1. The molecule has 0 spiro atoms. The Morgan fingerprint density at radius 3 is 3.05 bits per heavy atom. The molecule has 0 saturated heterocycles. The van der Waals surface area contributed by atoms with Crippen LogP contribution in [0.25, 0.3) is 4.96 Å². The Balaban J connectivity index is 1.82. The highest BCUT2D eigenvalue weighted by molar-refractivity contribution is 9.10. The van der Waals surface area contributed by atoms with Crippen LogP contribution in [0.4, 0.5) is 4.39 Å². The molecule has 1 unspecified atom stereocenters. The molecule has 3 aromatic rings. The highest BCUT2D eigenvalue weighted by atomic mass is 79.9. The minimum Gasteiger partial charge on any atom is -0.324 e. The molecule has 2 heterocycles. The van der Waals surface area contributed by atoms with Crippen molar-refractivity contribution in [1.82, 2.24) is 9.38 Å². The number of hydrogen-bond donors (Lipinski definition) is 1. The lowest BCUT2D eigenvalue weighted by Crippen LogP contribution is -2.13. The van der Waals surface area contributed by atoms with Gasteiger partial charge in [-0.3, -0.25) is 4.40 Å². The van der Waals surface area contributed by atoms with Crippen molar-refractivity contribution in [3.8, 4) is 0 Å². The van der Waals surface area contributed by atoms with Crippen LogP contribution in [-0.2, 0) is 6.42 Å². The molecule has 0 aliphatic carbocycles. The lowest BCUT2D eigenvalue weighted by Gasteiger charge is -2.11. The molecule has 3 nitrogen and oxygen atoms in total. The van der Waals surface area contributed by atoms with E-state index in [2.05, 4.69) is 20.9 Å². The molecule has 0 fully saturated rings. The van der Waals surface area contributed by atoms with E-state index >= 15 is 0 Å². The van der Waals surface area contributed by atoms with Crippen LogP contribution in [0.1, 0.15) is 17.3 Å². The summed E-state index contributed by atoms with van der Waals surface area (Å²) >= 11 is 4.76. The van der Waals surface area contributed by atoms with Gasteiger partial charge in [0.2, 0.25) is 0 Å². The minimum absolute atomic E-state index is 0.193. The highest BCUT2D eigenvalue weighted by Crippen LogP contribution is 2.23. The van der Waals surface area contributed by atoms with Crippen molar-refractivity contribution in [2.24, 2.45) is 5.73 Å². The van der Waals surface area contributed by atoms with Crippen LogP contribution in [0.5, 0.6) is 0 Å². The van der Waals surface area contributed by atoms with Crippen LogP contribution in [-0.4, -0.2) is 9.38 Å². The van der Waals surface area contributed by atoms with E-state index in [1.54, 1.807) is 23.5 Å². The summed E-state index contributed by atoms with van der Waals surface area (Å²) in [6.45, 7) is 0. The Hall–Kier alpha value is -1.24. The second-order valence-electron chi connectivity index (χ2n) is 4.31. The van der Waals surface area contributed by atoms with Gasteiger partial charge in [-0.25, -0.2) is 9.37 Å². The molecule has 3 rings (SSSR count). The van der Waals surface area contributed by atoms with E-state index in [0.29, 0.717) is 10.9 Å². The maximum Gasteiger partial charge on any atom is 0.193 e. The van der Waals surface area contributed by atoms with Crippen LogP contribution in [0.2, 0.25) is 0 Å². The number of hydrogen-bond acceptors (Lipinski definition) is 3. The smallest absolute Gasteiger partial charge is 0.193 e. The van der Waals surface area contributed by atoms with Crippen molar-refractivity contribution in [1.29, 1.82) is 0 Å². The standard InChI is InChI=1S/C13H11BrFN3S/c14-10-5-8(1-2-11(10)15)12(16)6-9-7-18-3-4-19-13(18)17-9/h1-5,7,12H,6,16H2. The van der Waals surface area contributed by atoms with Crippen molar-refractivity contribution in [3.63, 3.8) is 0 Å². The zero-order chi connectivity index (χ0) is 13.4. The average Bonchev–Trinajstić information content (AvgIpc) is 2.93. The number of thiazole rings is 1. The summed E-state index contributed by atoms with van der Waals surface area (Å²) in [6.07, 6.45) is 4.58. The summed E-state index contributed by atoms with van der Waals surface area (Å²) in [7, 11) is 0. The maximum absolute atomic E-state index is 13.2. The number of halogens is 2. The van der Waals surface area contributed by atoms with Gasteiger partial charge in [-0.15, -0.1) is 11.3 Å². The molecule has 0 saturated carbocycles. The van der Waals surface area contributed by atoms with Gasteiger partial charge in [0.15, 0.2) is 4.96 Å². The largest absolute Gasteiger partial charge is 0.324 e. The van der Waals surface area contributed by atoms with Gasteiger partial charge < -0.3 is 5.73 Å². The fourth-order valence-electron chi connectivity index (χ4n) is 1.96. The quantitative estimate of drug-likeness (QED) is 0.793. The van der Waals surface area contributed by atoms with Gasteiger partial charge in [-0.05, 0) is 33.6 Å². The van der Waals surface area contributed by atoms with E-state index in [0.717, 1.165) is 16.2 Å². The van der Waals surface area contributed by atoms with Crippen molar-refractivity contribution in [2.45, 2.75) is 12.5 Å². The van der Waals surface area contributed by atoms with E-state index in [1.807, 2.05) is 22.2 Å². The maximum atomic E-state index is 13.2. The Morgan fingerprint density at radius 1 is 1.47 bits per heavy atom. The predicted octanol–water partition coefficient (Wildman–Crippen LogP) is 3.54. The molecule has 19 heavy (non-hydrogen) atoms. The molecule has 0 aliphatic rings. The van der Waals surface area contributed by atoms with Gasteiger partial charge in [0.25, 0.3) is 0 Å². The summed E-state index contributed by atoms with van der Waals surface area (Å²) in [5, 5.41) is 1.99. The van der Waals surface area contributed by atoms with Gasteiger partial charge in [0, 0.05) is 30.2 Å². The van der Waals surface area contributed by atoms with Gasteiger partial charge in [-0.1, -0.05) is 6.07 Å². The van der Waals surface area contributed by atoms with E-state index in [4.69, 9.17) is 5.73 Å². The second-order valence-corrected chi connectivity index (χ2v) is 6.04. The normalized spacial score (nSPS) is 13.0. The topological polar surface area (TPSA) is 43.3 Å². The lowest BCUT2D eigenvalue weighted by atomic mass is 10.0. The Labute approximate surface area is 122 Å². The van der Waals surface area contributed by atoms with E-state index < -0.39 is 0 Å². The van der Waals surface area contributed by atoms with Gasteiger partial charge in [0.1, 0.15) is 5.82 Å². The molecule has 0 aliphatic heterocycles. The molecule has 1 aromatic carbocycles. The molecular weight excluding hydrogens is 329 g/mol. The van der Waals surface area contributed by atoms with Gasteiger partial charge in [0.05, 0.1) is 10.2 Å². The summed E-state index contributed by atoms with van der Waals surface area (Å²) < 4.78 is 15.6. The SMILES string of the molecule is NC(Cc1cn2ccsc2n1)c1ccc(F)c(Br)c1.